The van der Waals surface area contributed by atoms with Crippen LogP contribution in [0.25, 0.3) is 0 Å². The molecule has 0 aliphatic carbocycles. The van der Waals surface area contributed by atoms with Crippen molar-refractivity contribution in [3.8, 4) is 10.9 Å². The first-order valence-corrected chi connectivity index (χ1v) is 6.77. The van der Waals surface area contributed by atoms with Crippen LogP contribution in [0.1, 0.15) is 21.7 Å². The molecular weight excluding hydrogens is 278 g/mol. The van der Waals surface area contributed by atoms with Gasteiger partial charge in [0, 0.05) is 30.6 Å². The van der Waals surface area contributed by atoms with Crippen molar-refractivity contribution in [3.63, 3.8) is 0 Å². The summed E-state index contributed by atoms with van der Waals surface area (Å²) in [6.07, 6.45) is 0.636. The Bertz CT molecular complexity index is 613. The van der Waals surface area contributed by atoms with E-state index >= 15 is 0 Å². The van der Waals surface area contributed by atoms with Gasteiger partial charge in [-0.25, -0.2) is 0 Å². The molecule has 2 aromatic rings. The number of benzene rings is 1. The summed E-state index contributed by atoms with van der Waals surface area (Å²) in [6.45, 7) is 2.44. The number of primary amides is 1. The van der Waals surface area contributed by atoms with Gasteiger partial charge in [-0.15, -0.1) is 0 Å². The van der Waals surface area contributed by atoms with Crippen molar-refractivity contribution in [1.82, 2.24) is 9.36 Å². The SMILES string of the molecule is COCCc1nsc(Oc2cc(C(N)=O)ccc2C)n1. The number of carbonyl (C=O) groups is 1. The standard InChI is InChI=1S/C13H15N3O3S/c1-8-3-4-9(12(14)17)7-10(8)19-13-15-11(16-20-13)5-6-18-2/h3-4,7H,5-6H2,1-2H3,(H2,14,17). The van der Waals surface area contributed by atoms with Crippen LogP contribution in [0.4, 0.5) is 0 Å². The normalized spacial score (nSPS) is 10.5. The number of carbonyl (C=O) groups excluding carboxylic acids is 1. The van der Waals surface area contributed by atoms with E-state index in [0.29, 0.717) is 35.4 Å². The van der Waals surface area contributed by atoms with Crippen LogP contribution in [0.5, 0.6) is 10.9 Å². The second-order valence-corrected chi connectivity index (χ2v) is 4.88. The molecule has 106 valence electrons. The van der Waals surface area contributed by atoms with E-state index in [2.05, 4.69) is 9.36 Å². The van der Waals surface area contributed by atoms with Gasteiger partial charge in [-0.05, 0) is 24.6 Å². The van der Waals surface area contributed by atoms with Crippen molar-refractivity contribution < 1.29 is 14.3 Å². The first kappa shape index (κ1) is 14.4. The second-order valence-electron chi connectivity index (χ2n) is 4.17. The fourth-order valence-electron chi connectivity index (χ4n) is 1.53. The van der Waals surface area contributed by atoms with E-state index in [0.717, 1.165) is 17.1 Å². The van der Waals surface area contributed by atoms with Gasteiger partial charge < -0.3 is 15.2 Å². The number of aryl methyl sites for hydroxylation is 1. The van der Waals surface area contributed by atoms with Crippen LogP contribution in [-0.2, 0) is 11.2 Å². The first-order chi connectivity index (χ1) is 9.60. The van der Waals surface area contributed by atoms with Crippen LogP contribution in [0, 0.1) is 6.92 Å². The fraction of sp³-hybridized carbons (Fsp3) is 0.308. The van der Waals surface area contributed by atoms with E-state index in [1.165, 1.54) is 0 Å². The summed E-state index contributed by atoms with van der Waals surface area (Å²) >= 11 is 1.16. The Morgan fingerprint density at radius 3 is 2.95 bits per heavy atom. The van der Waals surface area contributed by atoms with Crippen molar-refractivity contribution in [2.45, 2.75) is 13.3 Å². The smallest absolute Gasteiger partial charge is 0.298 e. The predicted octanol–water partition coefficient (Wildman–Crippen LogP) is 1.93. The predicted molar refractivity (Wildman–Crippen MR) is 75.3 cm³/mol. The fourth-order valence-corrected chi connectivity index (χ4v) is 2.12. The van der Waals surface area contributed by atoms with Gasteiger partial charge in [0.05, 0.1) is 6.61 Å². The molecule has 0 aliphatic rings. The molecule has 0 fully saturated rings. The molecule has 0 unspecified atom stereocenters. The topological polar surface area (TPSA) is 87.3 Å². The van der Waals surface area contributed by atoms with Crippen molar-refractivity contribution in [2.24, 2.45) is 5.73 Å². The molecule has 1 amide bonds. The van der Waals surface area contributed by atoms with Crippen LogP contribution in [-0.4, -0.2) is 29.0 Å². The molecule has 0 radical (unpaired) electrons. The minimum Gasteiger partial charge on any atom is -0.430 e. The van der Waals surface area contributed by atoms with Crippen LogP contribution >= 0.6 is 11.5 Å². The van der Waals surface area contributed by atoms with Crippen molar-refractivity contribution in [3.05, 3.63) is 35.2 Å². The summed E-state index contributed by atoms with van der Waals surface area (Å²) in [4.78, 5) is 15.4. The van der Waals surface area contributed by atoms with E-state index in [-0.39, 0.29) is 0 Å². The van der Waals surface area contributed by atoms with Crippen molar-refractivity contribution in [1.29, 1.82) is 0 Å². The highest BCUT2D eigenvalue weighted by Gasteiger charge is 2.10. The minimum absolute atomic E-state index is 0.398. The summed E-state index contributed by atoms with van der Waals surface area (Å²) in [5, 5.41) is 0.431. The molecule has 0 saturated carbocycles. The number of hydrogen-bond acceptors (Lipinski definition) is 6. The lowest BCUT2D eigenvalue weighted by Gasteiger charge is -2.06. The highest BCUT2D eigenvalue weighted by atomic mass is 32.1. The molecule has 0 aliphatic heterocycles. The number of methoxy groups -OCH3 is 1. The Kier molecular flexibility index (Phi) is 4.65. The zero-order valence-electron chi connectivity index (χ0n) is 11.3. The lowest BCUT2D eigenvalue weighted by Crippen LogP contribution is -2.10. The van der Waals surface area contributed by atoms with E-state index in [9.17, 15) is 4.79 Å². The van der Waals surface area contributed by atoms with Gasteiger partial charge in [0.25, 0.3) is 5.19 Å². The van der Waals surface area contributed by atoms with Gasteiger partial charge in [0.15, 0.2) is 0 Å². The number of hydrogen-bond donors (Lipinski definition) is 1. The number of amides is 1. The first-order valence-electron chi connectivity index (χ1n) is 6.00. The van der Waals surface area contributed by atoms with Gasteiger partial charge in [0.2, 0.25) is 5.91 Å². The number of ether oxygens (including phenoxy) is 2. The maximum absolute atomic E-state index is 11.2. The Morgan fingerprint density at radius 1 is 1.45 bits per heavy atom. The molecule has 0 bridgehead atoms. The van der Waals surface area contributed by atoms with Crippen molar-refractivity contribution >= 4 is 17.4 Å². The molecule has 0 saturated heterocycles. The largest absolute Gasteiger partial charge is 0.430 e. The molecule has 1 aromatic heterocycles. The third-order valence-corrected chi connectivity index (χ3v) is 3.28. The van der Waals surface area contributed by atoms with Crippen molar-refractivity contribution in [2.75, 3.05) is 13.7 Å². The highest BCUT2D eigenvalue weighted by Crippen LogP contribution is 2.27. The third kappa shape index (κ3) is 3.52. The number of rotatable bonds is 6. The van der Waals surface area contributed by atoms with E-state index in [1.54, 1.807) is 25.3 Å². The molecule has 20 heavy (non-hydrogen) atoms. The van der Waals surface area contributed by atoms with Crippen LogP contribution in [0.3, 0.4) is 0 Å². The van der Waals surface area contributed by atoms with Crippen LogP contribution in [0.2, 0.25) is 0 Å². The number of nitrogens with two attached hydrogens (primary N) is 1. The van der Waals surface area contributed by atoms with Gasteiger partial charge in [-0.2, -0.15) is 9.36 Å². The number of aromatic nitrogens is 2. The zero-order chi connectivity index (χ0) is 14.5. The Balaban J connectivity index is 2.14. The summed E-state index contributed by atoms with van der Waals surface area (Å²) in [5.74, 6) is 0.735. The molecular formula is C13H15N3O3S. The Labute approximate surface area is 120 Å². The summed E-state index contributed by atoms with van der Waals surface area (Å²) < 4.78 is 14.8. The summed E-state index contributed by atoms with van der Waals surface area (Å²) in [7, 11) is 1.63. The quantitative estimate of drug-likeness (QED) is 0.879. The molecule has 0 atom stereocenters. The molecule has 6 nitrogen and oxygen atoms in total. The van der Waals surface area contributed by atoms with Gasteiger partial charge in [0.1, 0.15) is 11.6 Å². The van der Waals surface area contributed by atoms with E-state index < -0.39 is 5.91 Å². The lowest BCUT2D eigenvalue weighted by atomic mass is 10.1. The molecule has 1 heterocycles. The summed E-state index contributed by atoms with van der Waals surface area (Å²) in [5.41, 5.74) is 6.54. The van der Waals surface area contributed by atoms with Gasteiger partial charge in [-0.1, -0.05) is 6.07 Å². The maximum atomic E-state index is 11.2. The minimum atomic E-state index is -0.493. The zero-order valence-corrected chi connectivity index (χ0v) is 12.1. The van der Waals surface area contributed by atoms with Gasteiger partial charge in [-0.3, -0.25) is 4.79 Å². The average molecular weight is 293 g/mol. The monoisotopic (exact) mass is 293 g/mol. The lowest BCUT2D eigenvalue weighted by molar-refractivity contribution is 0.1000. The highest BCUT2D eigenvalue weighted by molar-refractivity contribution is 7.07. The molecule has 2 rings (SSSR count). The third-order valence-electron chi connectivity index (χ3n) is 2.65. The number of nitrogens with zero attached hydrogens (tertiary/aromatic N) is 2. The molecule has 2 N–H and O–H groups in total. The second kappa shape index (κ2) is 6.44. The van der Waals surface area contributed by atoms with Crippen LogP contribution < -0.4 is 10.5 Å². The Morgan fingerprint density at radius 2 is 2.25 bits per heavy atom. The maximum Gasteiger partial charge on any atom is 0.298 e. The van der Waals surface area contributed by atoms with E-state index in [1.807, 2.05) is 6.92 Å². The Hall–Kier alpha value is -1.99. The molecule has 0 spiro atoms. The van der Waals surface area contributed by atoms with Gasteiger partial charge >= 0.3 is 0 Å². The van der Waals surface area contributed by atoms with Crippen LogP contribution in [0.15, 0.2) is 18.2 Å². The summed E-state index contributed by atoms with van der Waals surface area (Å²) in [6, 6.07) is 5.05. The molecule has 7 heteroatoms. The van der Waals surface area contributed by atoms with E-state index in [4.69, 9.17) is 15.2 Å². The molecule has 1 aromatic carbocycles. The average Bonchev–Trinajstić information content (AvgIpc) is 2.86.